The van der Waals surface area contributed by atoms with Gasteiger partial charge in [-0.1, -0.05) is 18.2 Å². The predicted octanol–water partition coefficient (Wildman–Crippen LogP) is 4.87. The van der Waals surface area contributed by atoms with Crippen molar-refractivity contribution in [3.8, 4) is 28.7 Å². The van der Waals surface area contributed by atoms with Crippen LogP contribution in [-0.2, 0) is 6.54 Å². The van der Waals surface area contributed by atoms with Crippen molar-refractivity contribution in [2.24, 2.45) is 0 Å². The van der Waals surface area contributed by atoms with E-state index in [0.717, 1.165) is 22.8 Å². The summed E-state index contributed by atoms with van der Waals surface area (Å²) in [4.78, 5) is 6.97. The average Bonchev–Trinajstić information content (AvgIpc) is 3.12. The van der Waals surface area contributed by atoms with Crippen LogP contribution in [0, 0.1) is 6.92 Å². The molecule has 0 saturated heterocycles. The zero-order valence-electron chi connectivity index (χ0n) is 17.9. The summed E-state index contributed by atoms with van der Waals surface area (Å²) < 4.78 is 22.2. The van der Waals surface area contributed by atoms with Crippen molar-refractivity contribution in [3.63, 3.8) is 0 Å². The molecule has 6 nitrogen and oxygen atoms in total. The quantitative estimate of drug-likeness (QED) is 0.541. The molecule has 0 unspecified atom stereocenters. The van der Waals surface area contributed by atoms with Gasteiger partial charge in [0.1, 0.15) is 11.5 Å². The molecule has 1 heterocycles. The Bertz CT molecular complexity index is 967. The molecule has 0 bridgehead atoms. The Balaban J connectivity index is 1.84. The van der Waals surface area contributed by atoms with E-state index in [1.807, 2.05) is 37.3 Å². The van der Waals surface area contributed by atoms with Gasteiger partial charge in [-0.2, -0.15) is 0 Å². The minimum absolute atomic E-state index is 0.191. The monoisotopic (exact) mass is 396 g/mol. The van der Waals surface area contributed by atoms with E-state index in [9.17, 15) is 0 Å². The van der Waals surface area contributed by atoms with Crippen molar-refractivity contribution >= 4 is 0 Å². The number of aryl methyl sites for hydroxylation is 1. The number of benzene rings is 2. The number of ether oxygens (including phenoxy) is 3. The van der Waals surface area contributed by atoms with Gasteiger partial charge in [-0.3, -0.25) is 4.90 Å². The van der Waals surface area contributed by atoms with E-state index in [0.29, 0.717) is 23.9 Å². The van der Waals surface area contributed by atoms with Crippen LogP contribution >= 0.6 is 0 Å². The van der Waals surface area contributed by atoms with E-state index in [2.05, 4.69) is 31.0 Å². The highest BCUT2D eigenvalue weighted by Crippen LogP contribution is 2.38. The summed E-state index contributed by atoms with van der Waals surface area (Å²) in [6, 6.07) is 14.0. The second kappa shape index (κ2) is 9.01. The summed E-state index contributed by atoms with van der Waals surface area (Å²) in [7, 11) is 6.98. The summed E-state index contributed by atoms with van der Waals surface area (Å²) in [5.74, 6) is 3.42. The Kier molecular flexibility index (Phi) is 6.44. The number of oxazole rings is 1. The molecule has 0 amide bonds. The lowest BCUT2D eigenvalue weighted by Crippen LogP contribution is -2.22. The predicted molar refractivity (Wildman–Crippen MR) is 113 cm³/mol. The highest BCUT2D eigenvalue weighted by Gasteiger charge is 2.20. The molecule has 0 saturated carbocycles. The number of hydrogen-bond donors (Lipinski definition) is 0. The highest BCUT2D eigenvalue weighted by atomic mass is 16.5. The highest BCUT2D eigenvalue weighted by molar-refractivity contribution is 5.68. The van der Waals surface area contributed by atoms with Crippen molar-refractivity contribution in [2.75, 3.05) is 28.4 Å². The van der Waals surface area contributed by atoms with Gasteiger partial charge in [-0.15, -0.1) is 0 Å². The van der Waals surface area contributed by atoms with E-state index in [4.69, 9.17) is 23.6 Å². The van der Waals surface area contributed by atoms with E-state index >= 15 is 0 Å². The Morgan fingerprint density at radius 3 is 2.48 bits per heavy atom. The maximum atomic E-state index is 5.97. The van der Waals surface area contributed by atoms with Gasteiger partial charge < -0.3 is 18.6 Å². The Hall–Kier alpha value is -2.99. The third-order valence-electron chi connectivity index (χ3n) is 5.16. The Morgan fingerprint density at radius 2 is 1.79 bits per heavy atom. The Morgan fingerprint density at radius 1 is 1.03 bits per heavy atom. The molecule has 0 spiro atoms. The average molecular weight is 396 g/mol. The third kappa shape index (κ3) is 4.38. The van der Waals surface area contributed by atoms with E-state index in [1.165, 1.54) is 5.56 Å². The first kappa shape index (κ1) is 20.7. The molecule has 2 aromatic carbocycles. The van der Waals surface area contributed by atoms with E-state index < -0.39 is 0 Å². The summed E-state index contributed by atoms with van der Waals surface area (Å²) in [6.45, 7) is 4.75. The molecule has 3 rings (SSSR count). The van der Waals surface area contributed by atoms with Crippen LogP contribution < -0.4 is 14.2 Å². The lowest BCUT2D eigenvalue weighted by molar-refractivity contribution is 0.248. The first-order valence-electron chi connectivity index (χ1n) is 9.50. The van der Waals surface area contributed by atoms with Crippen LogP contribution in [-0.4, -0.2) is 38.3 Å². The number of methoxy groups -OCH3 is 3. The fourth-order valence-electron chi connectivity index (χ4n) is 3.27. The van der Waals surface area contributed by atoms with Crippen LogP contribution in [0.3, 0.4) is 0 Å². The van der Waals surface area contributed by atoms with E-state index in [-0.39, 0.29) is 6.04 Å². The molecule has 1 aromatic heterocycles. The SMILES string of the molecule is COc1cccc([C@H](C)N(C)Cc2nc(-c3cccc(OC)c3OC)oc2C)c1. The van der Waals surface area contributed by atoms with Crippen LogP contribution in [0.1, 0.15) is 30.0 Å². The van der Waals surface area contributed by atoms with Crippen molar-refractivity contribution in [2.45, 2.75) is 26.4 Å². The lowest BCUT2D eigenvalue weighted by Gasteiger charge is -2.24. The van der Waals surface area contributed by atoms with Gasteiger partial charge in [-0.05, 0) is 50.7 Å². The van der Waals surface area contributed by atoms with Crippen molar-refractivity contribution in [3.05, 3.63) is 59.5 Å². The molecular weight excluding hydrogens is 368 g/mol. The second-order valence-corrected chi connectivity index (χ2v) is 6.93. The fourth-order valence-corrected chi connectivity index (χ4v) is 3.27. The molecule has 1 atom stereocenters. The summed E-state index contributed by atoms with van der Waals surface area (Å²) in [5, 5.41) is 0. The largest absolute Gasteiger partial charge is 0.497 e. The first-order chi connectivity index (χ1) is 14.0. The molecule has 0 N–H and O–H groups in total. The standard InChI is InChI=1S/C23H28N2O4/c1-15(17-9-7-10-18(13-17)26-4)25(3)14-20-16(2)29-23(24-20)19-11-8-12-21(27-5)22(19)28-6/h7-13,15H,14H2,1-6H3/t15-/m0/s1. The normalized spacial score (nSPS) is 12.1. The van der Waals surface area contributed by atoms with Crippen LogP contribution in [0.4, 0.5) is 0 Å². The van der Waals surface area contributed by atoms with Gasteiger partial charge in [-0.25, -0.2) is 4.98 Å². The van der Waals surface area contributed by atoms with Crippen molar-refractivity contribution in [1.82, 2.24) is 9.88 Å². The zero-order chi connectivity index (χ0) is 21.0. The number of nitrogens with zero attached hydrogens (tertiary/aromatic N) is 2. The molecular formula is C23H28N2O4. The number of rotatable bonds is 8. The molecule has 6 heteroatoms. The Labute approximate surface area is 172 Å². The van der Waals surface area contributed by atoms with Crippen LogP contribution in [0.25, 0.3) is 11.5 Å². The smallest absolute Gasteiger partial charge is 0.230 e. The van der Waals surface area contributed by atoms with Gasteiger partial charge >= 0.3 is 0 Å². The summed E-state index contributed by atoms with van der Waals surface area (Å²) in [5.41, 5.74) is 2.84. The van der Waals surface area contributed by atoms with Gasteiger partial charge in [0.25, 0.3) is 0 Å². The molecule has 0 radical (unpaired) electrons. The first-order valence-corrected chi connectivity index (χ1v) is 9.50. The molecule has 29 heavy (non-hydrogen) atoms. The van der Waals surface area contributed by atoms with Gasteiger partial charge in [0.2, 0.25) is 5.89 Å². The zero-order valence-corrected chi connectivity index (χ0v) is 17.9. The van der Waals surface area contributed by atoms with Gasteiger partial charge in [0.05, 0.1) is 32.6 Å². The lowest BCUT2D eigenvalue weighted by atomic mass is 10.1. The van der Waals surface area contributed by atoms with Crippen molar-refractivity contribution < 1.29 is 18.6 Å². The van der Waals surface area contributed by atoms with Crippen LogP contribution in [0.2, 0.25) is 0 Å². The maximum Gasteiger partial charge on any atom is 0.230 e. The van der Waals surface area contributed by atoms with Crippen LogP contribution in [0.5, 0.6) is 17.2 Å². The molecule has 0 aliphatic rings. The molecule has 0 aliphatic carbocycles. The fraction of sp³-hybridized carbons (Fsp3) is 0.348. The molecule has 3 aromatic rings. The minimum Gasteiger partial charge on any atom is -0.497 e. The topological polar surface area (TPSA) is 57.0 Å². The van der Waals surface area contributed by atoms with Gasteiger partial charge in [0.15, 0.2) is 11.5 Å². The molecule has 0 fully saturated rings. The van der Waals surface area contributed by atoms with Crippen LogP contribution in [0.15, 0.2) is 46.9 Å². The summed E-state index contributed by atoms with van der Waals surface area (Å²) in [6.07, 6.45) is 0. The molecule has 154 valence electrons. The minimum atomic E-state index is 0.191. The van der Waals surface area contributed by atoms with Crippen molar-refractivity contribution in [1.29, 1.82) is 0 Å². The van der Waals surface area contributed by atoms with Gasteiger partial charge in [0, 0.05) is 12.6 Å². The second-order valence-electron chi connectivity index (χ2n) is 6.93. The maximum absolute atomic E-state index is 5.97. The molecule has 0 aliphatic heterocycles. The van der Waals surface area contributed by atoms with E-state index in [1.54, 1.807) is 21.3 Å². The third-order valence-corrected chi connectivity index (χ3v) is 5.16. The number of para-hydroxylation sites is 1. The number of aromatic nitrogens is 1. The summed E-state index contributed by atoms with van der Waals surface area (Å²) >= 11 is 0. The number of hydrogen-bond acceptors (Lipinski definition) is 6.